The highest BCUT2D eigenvalue weighted by Crippen LogP contribution is 2.20. The van der Waals surface area contributed by atoms with Crippen LogP contribution in [0.3, 0.4) is 0 Å². The largest absolute Gasteiger partial charge is 0.478 e. The molecule has 1 rings (SSSR count). The summed E-state index contributed by atoms with van der Waals surface area (Å²) in [6, 6.07) is 2.75. The zero-order valence-electron chi connectivity index (χ0n) is 11.8. The van der Waals surface area contributed by atoms with E-state index < -0.39 is 16.0 Å². The smallest absolute Gasteiger partial charge is 0.335 e. The van der Waals surface area contributed by atoms with Gasteiger partial charge in [0, 0.05) is 13.2 Å². The fraction of sp³-hybridized carbons (Fsp3) is 0.462. The highest BCUT2D eigenvalue weighted by atomic mass is 32.2. The van der Waals surface area contributed by atoms with Crippen molar-refractivity contribution in [1.82, 2.24) is 4.72 Å². The number of ether oxygens (including phenoxy) is 1. The molecule has 0 fully saturated rings. The molecule has 0 unspecified atom stereocenters. The zero-order chi connectivity index (χ0) is 15.3. The van der Waals surface area contributed by atoms with Gasteiger partial charge in [-0.15, -0.1) is 0 Å². The number of benzene rings is 1. The Morgan fingerprint density at radius 2 is 1.95 bits per heavy atom. The fourth-order valence-corrected chi connectivity index (χ4v) is 3.09. The standard InChI is InChI=1S/C13H19NO5S/c1-4-19-6-5-14-20(17,18)12-8-11(13(15)16)9(2)7-10(12)3/h7-8,14H,4-6H2,1-3H3,(H,15,16). The van der Waals surface area contributed by atoms with Crippen molar-refractivity contribution in [2.45, 2.75) is 25.7 Å². The lowest BCUT2D eigenvalue weighted by Crippen LogP contribution is -2.28. The molecule has 0 radical (unpaired) electrons. The van der Waals surface area contributed by atoms with Crippen LogP contribution in [0.5, 0.6) is 0 Å². The van der Waals surface area contributed by atoms with E-state index in [9.17, 15) is 13.2 Å². The molecule has 0 amide bonds. The molecule has 0 saturated heterocycles. The van der Waals surface area contributed by atoms with Crippen LogP contribution in [0.4, 0.5) is 0 Å². The molecule has 0 saturated carbocycles. The van der Waals surface area contributed by atoms with Crippen LogP contribution in [-0.2, 0) is 14.8 Å². The Morgan fingerprint density at radius 1 is 1.30 bits per heavy atom. The third-order valence-corrected chi connectivity index (χ3v) is 4.39. The number of aryl methyl sites for hydroxylation is 2. The number of rotatable bonds is 7. The van der Waals surface area contributed by atoms with Crippen molar-refractivity contribution in [3.05, 3.63) is 28.8 Å². The molecule has 1 aromatic carbocycles. The zero-order valence-corrected chi connectivity index (χ0v) is 12.6. The van der Waals surface area contributed by atoms with Gasteiger partial charge in [-0.05, 0) is 38.0 Å². The maximum Gasteiger partial charge on any atom is 0.335 e. The van der Waals surface area contributed by atoms with Crippen LogP contribution in [0.1, 0.15) is 28.4 Å². The maximum atomic E-state index is 12.1. The summed E-state index contributed by atoms with van der Waals surface area (Å²) in [5.74, 6) is -1.15. The molecule has 0 bridgehead atoms. The van der Waals surface area contributed by atoms with E-state index in [-0.39, 0.29) is 23.6 Å². The summed E-state index contributed by atoms with van der Waals surface area (Å²) in [6.07, 6.45) is 0. The number of nitrogens with one attached hydrogen (secondary N) is 1. The van der Waals surface area contributed by atoms with Crippen molar-refractivity contribution in [2.24, 2.45) is 0 Å². The van der Waals surface area contributed by atoms with E-state index in [2.05, 4.69) is 4.72 Å². The molecular formula is C13H19NO5S. The van der Waals surface area contributed by atoms with E-state index in [1.165, 1.54) is 6.07 Å². The molecule has 2 N–H and O–H groups in total. The van der Waals surface area contributed by atoms with E-state index in [1.54, 1.807) is 19.9 Å². The van der Waals surface area contributed by atoms with Crippen molar-refractivity contribution in [1.29, 1.82) is 0 Å². The predicted octanol–water partition coefficient (Wildman–Crippen LogP) is 1.32. The first-order chi connectivity index (χ1) is 9.29. The fourth-order valence-electron chi connectivity index (χ4n) is 1.82. The number of carbonyl (C=O) groups is 1. The molecule has 0 atom stereocenters. The summed E-state index contributed by atoms with van der Waals surface area (Å²) in [4.78, 5) is 11.1. The maximum absolute atomic E-state index is 12.1. The van der Waals surface area contributed by atoms with Gasteiger partial charge in [0.1, 0.15) is 0 Å². The lowest BCUT2D eigenvalue weighted by atomic mass is 10.1. The quantitative estimate of drug-likeness (QED) is 0.741. The molecule has 0 spiro atoms. The van der Waals surface area contributed by atoms with Gasteiger partial charge in [0.15, 0.2) is 0 Å². The monoisotopic (exact) mass is 301 g/mol. The van der Waals surface area contributed by atoms with Crippen LogP contribution in [0, 0.1) is 13.8 Å². The van der Waals surface area contributed by atoms with Crippen LogP contribution in [0.15, 0.2) is 17.0 Å². The van der Waals surface area contributed by atoms with E-state index in [0.29, 0.717) is 17.7 Å². The first-order valence-corrected chi connectivity index (χ1v) is 7.70. The molecule has 0 aliphatic rings. The van der Waals surface area contributed by atoms with E-state index in [0.717, 1.165) is 0 Å². The van der Waals surface area contributed by atoms with Crippen LogP contribution in [0.25, 0.3) is 0 Å². The van der Waals surface area contributed by atoms with Crippen molar-refractivity contribution in [2.75, 3.05) is 19.8 Å². The van der Waals surface area contributed by atoms with E-state index in [1.807, 2.05) is 6.92 Å². The summed E-state index contributed by atoms with van der Waals surface area (Å²) in [7, 11) is -3.74. The normalized spacial score (nSPS) is 11.6. The first-order valence-electron chi connectivity index (χ1n) is 6.21. The van der Waals surface area contributed by atoms with Gasteiger partial charge in [0.05, 0.1) is 17.1 Å². The van der Waals surface area contributed by atoms with E-state index in [4.69, 9.17) is 9.84 Å². The van der Waals surface area contributed by atoms with Crippen molar-refractivity contribution in [3.8, 4) is 0 Å². The third kappa shape index (κ3) is 4.03. The lowest BCUT2D eigenvalue weighted by molar-refractivity contribution is 0.0696. The van der Waals surface area contributed by atoms with Crippen LogP contribution in [-0.4, -0.2) is 39.3 Å². The molecule has 0 aliphatic carbocycles. The molecular weight excluding hydrogens is 282 g/mol. The topological polar surface area (TPSA) is 92.7 Å². The molecule has 0 heterocycles. The molecule has 20 heavy (non-hydrogen) atoms. The summed E-state index contributed by atoms with van der Waals surface area (Å²) >= 11 is 0. The second-order valence-electron chi connectivity index (χ2n) is 4.33. The van der Waals surface area contributed by atoms with Gasteiger partial charge < -0.3 is 9.84 Å². The summed E-state index contributed by atoms with van der Waals surface area (Å²) in [5.41, 5.74) is 1.03. The number of hydrogen-bond donors (Lipinski definition) is 2. The Labute approximate surface area is 118 Å². The minimum atomic E-state index is -3.74. The van der Waals surface area contributed by atoms with Crippen LogP contribution in [0.2, 0.25) is 0 Å². The number of hydrogen-bond acceptors (Lipinski definition) is 4. The van der Waals surface area contributed by atoms with Gasteiger partial charge in [-0.25, -0.2) is 17.9 Å². The minimum Gasteiger partial charge on any atom is -0.478 e. The summed E-state index contributed by atoms with van der Waals surface area (Å²) < 4.78 is 31.7. The highest BCUT2D eigenvalue weighted by Gasteiger charge is 2.20. The Bertz CT molecular complexity index is 595. The first kappa shape index (κ1) is 16.6. The molecule has 112 valence electrons. The number of sulfonamides is 1. The Kier molecular flexibility index (Phi) is 5.67. The molecule has 1 aromatic rings. The minimum absolute atomic E-state index is 0.0132. The number of aromatic carboxylic acids is 1. The van der Waals surface area contributed by atoms with Gasteiger partial charge in [-0.1, -0.05) is 6.07 Å². The van der Waals surface area contributed by atoms with Gasteiger partial charge in [-0.3, -0.25) is 0 Å². The second-order valence-corrected chi connectivity index (χ2v) is 6.07. The molecule has 0 aromatic heterocycles. The highest BCUT2D eigenvalue weighted by molar-refractivity contribution is 7.89. The van der Waals surface area contributed by atoms with Crippen molar-refractivity contribution < 1.29 is 23.1 Å². The van der Waals surface area contributed by atoms with Crippen molar-refractivity contribution in [3.63, 3.8) is 0 Å². The van der Waals surface area contributed by atoms with Gasteiger partial charge in [-0.2, -0.15) is 0 Å². The van der Waals surface area contributed by atoms with Crippen LogP contribution < -0.4 is 4.72 Å². The lowest BCUT2D eigenvalue weighted by Gasteiger charge is -2.12. The Hall–Kier alpha value is -1.44. The van der Waals surface area contributed by atoms with Gasteiger partial charge in [0.25, 0.3) is 0 Å². The molecule has 6 nitrogen and oxygen atoms in total. The Morgan fingerprint density at radius 3 is 2.50 bits per heavy atom. The Balaban J connectivity index is 3.05. The van der Waals surface area contributed by atoms with Gasteiger partial charge in [0.2, 0.25) is 10.0 Å². The molecule has 7 heteroatoms. The summed E-state index contributed by atoms with van der Waals surface area (Å²) in [5, 5.41) is 9.06. The van der Waals surface area contributed by atoms with E-state index >= 15 is 0 Å². The van der Waals surface area contributed by atoms with Crippen LogP contribution >= 0.6 is 0 Å². The average Bonchev–Trinajstić information content (AvgIpc) is 2.33. The number of carboxylic acids is 1. The molecule has 0 aliphatic heterocycles. The third-order valence-electron chi connectivity index (χ3n) is 2.78. The summed E-state index contributed by atoms with van der Waals surface area (Å²) in [6.45, 7) is 6.01. The average molecular weight is 301 g/mol. The number of carboxylic acid groups (broad SMARTS) is 1. The SMILES string of the molecule is CCOCCNS(=O)(=O)c1cc(C(=O)O)c(C)cc1C. The second kappa shape index (κ2) is 6.83. The van der Waals surface area contributed by atoms with Crippen molar-refractivity contribution >= 4 is 16.0 Å². The predicted molar refractivity (Wildman–Crippen MR) is 74.6 cm³/mol. The van der Waals surface area contributed by atoms with Gasteiger partial charge >= 0.3 is 5.97 Å².